The number of hydrogen-bond donors (Lipinski definition) is 2. The molecule has 3 saturated carbocycles. The molecule has 2 aromatic carbocycles. The maximum atomic E-state index is 10.6. The predicted molar refractivity (Wildman–Crippen MR) is 147 cm³/mol. The monoisotopic (exact) mass is 677 g/mol. The van der Waals surface area contributed by atoms with Gasteiger partial charge in [0.2, 0.25) is 0 Å². The fourth-order valence-electron chi connectivity index (χ4n) is 7.49. The first-order valence-corrected chi connectivity index (χ1v) is 14.0. The van der Waals surface area contributed by atoms with Crippen molar-refractivity contribution in [3.8, 4) is 11.3 Å². The van der Waals surface area contributed by atoms with E-state index in [9.17, 15) is 10.2 Å². The van der Waals surface area contributed by atoms with Gasteiger partial charge in [-0.3, -0.25) is 4.98 Å². The van der Waals surface area contributed by atoms with Crippen LogP contribution >= 0.6 is 0 Å². The van der Waals surface area contributed by atoms with Gasteiger partial charge in [-0.25, -0.2) is 0 Å². The summed E-state index contributed by atoms with van der Waals surface area (Å²) in [5.41, 5.74) is 5.48. The first-order valence-electron chi connectivity index (χ1n) is 14.0. The van der Waals surface area contributed by atoms with Crippen LogP contribution in [0.2, 0.25) is 0 Å². The Morgan fingerprint density at radius 2 is 1.62 bits per heavy atom. The zero-order valence-electron chi connectivity index (χ0n) is 22.7. The van der Waals surface area contributed by atoms with Gasteiger partial charge in [0, 0.05) is 26.0 Å². The number of hydrogen-bond acceptors (Lipinski definition) is 3. The number of aliphatic hydroxyl groups is 2. The summed E-state index contributed by atoms with van der Waals surface area (Å²) >= 11 is 0. The molecule has 3 aliphatic rings. The number of rotatable bonds is 3. The molecule has 0 spiro atoms. The molecule has 201 valence electrons. The van der Waals surface area contributed by atoms with Gasteiger partial charge in [0.05, 0.1) is 17.7 Å². The zero-order valence-corrected chi connectivity index (χ0v) is 25.1. The first-order chi connectivity index (χ1) is 17.3. The molecule has 2 N–H and O–H groups in total. The molecule has 3 nitrogen and oxygen atoms in total. The van der Waals surface area contributed by atoms with E-state index >= 15 is 0 Å². The number of aryl methyl sites for hydroxylation is 2. The molecule has 3 aromatic rings. The number of aliphatic hydroxyl groups excluding tert-OH is 2. The number of pyridine rings is 1. The van der Waals surface area contributed by atoms with Crippen molar-refractivity contribution in [2.75, 3.05) is 0 Å². The van der Waals surface area contributed by atoms with E-state index in [4.69, 9.17) is 4.98 Å². The van der Waals surface area contributed by atoms with E-state index in [-0.39, 0.29) is 38.2 Å². The summed E-state index contributed by atoms with van der Waals surface area (Å²) in [5, 5.41) is 22.3. The summed E-state index contributed by atoms with van der Waals surface area (Å²) in [6.45, 7) is 8.58. The summed E-state index contributed by atoms with van der Waals surface area (Å²) in [7, 11) is 0. The van der Waals surface area contributed by atoms with Crippen LogP contribution in [-0.4, -0.2) is 27.4 Å². The molecule has 0 amide bonds. The largest absolute Gasteiger partial charge is 0.392 e. The Kier molecular flexibility index (Phi) is 9.28. The van der Waals surface area contributed by atoms with Gasteiger partial charge in [-0.2, -0.15) is 0 Å². The van der Waals surface area contributed by atoms with Crippen molar-refractivity contribution in [2.45, 2.75) is 78.4 Å². The fourth-order valence-corrected chi connectivity index (χ4v) is 7.49. The molecule has 3 aliphatic carbocycles. The van der Waals surface area contributed by atoms with Crippen molar-refractivity contribution < 1.29 is 30.3 Å². The van der Waals surface area contributed by atoms with Gasteiger partial charge >= 0.3 is 0 Å². The summed E-state index contributed by atoms with van der Waals surface area (Å²) < 4.78 is 0. The molecular formula is C33H42IrNO2-. The fraction of sp³-hybridized carbons (Fsp3) is 0.545. The minimum Gasteiger partial charge on any atom is -0.392 e. The van der Waals surface area contributed by atoms with Gasteiger partial charge in [-0.1, -0.05) is 83.7 Å². The van der Waals surface area contributed by atoms with Gasteiger partial charge in [0.25, 0.3) is 0 Å². The molecule has 37 heavy (non-hydrogen) atoms. The van der Waals surface area contributed by atoms with Crippen molar-refractivity contribution in [1.29, 1.82) is 0 Å². The standard InChI is InChI=1S/C17H14N.C16H28O2.Ir/c1-12-9-13(2)11-15(10-12)17-8-7-14-5-3-4-6-16(14)18-17;1-9(2)12-7-11-8-13(10-5-3-4-6-10)16(18)14(11)15(12)17;/h3-10H,1-2H3;9-18H,3-8H2,1-2H3;/q-1;;/t;11?,12-,13+,14?,15?,16?;/m.1./s1. The van der Waals surface area contributed by atoms with Crippen LogP contribution in [0.5, 0.6) is 0 Å². The molecule has 0 bridgehead atoms. The van der Waals surface area contributed by atoms with Crippen LogP contribution in [0, 0.1) is 55.4 Å². The molecule has 0 aliphatic heterocycles. The minimum absolute atomic E-state index is 0. The second-order valence-corrected chi connectivity index (χ2v) is 12.0. The van der Waals surface area contributed by atoms with Crippen LogP contribution in [0.4, 0.5) is 0 Å². The number of benzene rings is 2. The van der Waals surface area contributed by atoms with E-state index in [0.29, 0.717) is 23.7 Å². The third kappa shape index (κ3) is 6.04. The molecule has 1 aromatic heterocycles. The van der Waals surface area contributed by atoms with Crippen LogP contribution in [0.1, 0.15) is 63.5 Å². The number of fused-ring (bicyclic) bond motifs is 2. The Morgan fingerprint density at radius 1 is 0.892 bits per heavy atom. The van der Waals surface area contributed by atoms with Crippen molar-refractivity contribution >= 4 is 10.9 Å². The molecular weight excluding hydrogens is 635 g/mol. The van der Waals surface area contributed by atoms with Crippen LogP contribution in [0.3, 0.4) is 0 Å². The Labute approximate surface area is 236 Å². The average Bonchev–Trinajstić information content (AvgIpc) is 3.56. The van der Waals surface area contributed by atoms with E-state index in [0.717, 1.165) is 34.7 Å². The summed E-state index contributed by atoms with van der Waals surface area (Å²) in [6, 6.07) is 20.0. The number of aromatic nitrogens is 1. The summed E-state index contributed by atoms with van der Waals surface area (Å²) in [6.07, 6.45) is 7.16. The Bertz CT molecular complexity index is 1170. The maximum absolute atomic E-state index is 10.6. The molecule has 0 saturated heterocycles. The van der Waals surface area contributed by atoms with Gasteiger partial charge in [0.15, 0.2) is 0 Å². The van der Waals surface area contributed by atoms with E-state index in [2.05, 4.69) is 64.1 Å². The smallest absolute Gasteiger partial charge is 0.0626 e. The van der Waals surface area contributed by atoms with Gasteiger partial charge in [-0.15, -0.1) is 34.9 Å². The van der Waals surface area contributed by atoms with Gasteiger partial charge in [-0.05, 0) is 59.6 Å². The number of para-hydroxylation sites is 1. The Balaban J connectivity index is 0.000000168. The second-order valence-electron chi connectivity index (χ2n) is 12.0. The van der Waals surface area contributed by atoms with E-state index in [1.165, 1.54) is 43.1 Å². The minimum atomic E-state index is -0.253. The zero-order chi connectivity index (χ0) is 25.4. The molecule has 1 heterocycles. The van der Waals surface area contributed by atoms with Crippen LogP contribution in [-0.2, 0) is 20.1 Å². The van der Waals surface area contributed by atoms with Crippen molar-refractivity contribution in [2.24, 2.45) is 35.5 Å². The maximum Gasteiger partial charge on any atom is 0.0626 e. The summed E-state index contributed by atoms with van der Waals surface area (Å²) in [4.78, 5) is 4.70. The van der Waals surface area contributed by atoms with Crippen LogP contribution in [0.15, 0.2) is 48.5 Å². The molecule has 6 rings (SSSR count). The summed E-state index contributed by atoms with van der Waals surface area (Å²) in [5.74, 6) is 2.97. The molecule has 1 radical (unpaired) electrons. The van der Waals surface area contributed by atoms with E-state index < -0.39 is 0 Å². The normalized spacial score (nSPS) is 29.2. The quantitative estimate of drug-likeness (QED) is 0.290. The van der Waals surface area contributed by atoms with Crippen LogP contribution < -0.4 is 0 Å². The first kappa shape index (κ1) is 28.4. The molecule has 6 atom stereocenters. The van der Waals surface area contributed by atoms with Gasteiger partial charge in [0.1, 0.15) is 0 Å². The topological polar surface area (TPSA) is 53.4 Å². The van der Waals surface area contributed by atoms with Crippen molar-refractivity contribution in [1.82, 2.24) is 4.98 Å². The Morgan fingerprint density at radius 3 is 2.30 bits per heavy atom. The molecule has 3 fully saturated rings. The average molecular weight is 677 g/mol. The molecule has 4 heteroatoms. The molecule has 4 unspecified atom stereocenters. The Hall–Kier alpha value is -1.58. The predicted octanol–water partition coefficient (Wildman–Crippen LogP) is 7.14. The van der Waals surface area contributed by atoms with E-state index in [1.54, 1.807) is 0 Å². The van der Waals surface area contributed by atoms with E-state index in [1.807, 2.05) is 18.2 Å². The SMILES string of the molecule is CC(C)[C@H]1CC2C[C@@H](C3CCCC3)C(O)C2C1O.Cc1[c-]c(-c2ccc3ccccc3n2)cc(C)c1.[Ir]. The van der Waals surface area contributed by atoms with Crippen molar-refractivity contribution in [3.63, 3.8) is 0 Å². The second kappa shape index (κ2) is 12.1. The van der Waals surface area contributed by atoms with Gasteiger partial charge < -0.3 is 10.2 Å². The van der Waals surface area contributed by atoms with Crippen LogP contribution in [0.25, 0.3) is 22.2 Å². The third-order valence-electron chi connectivity index (χ3n) is 9.24. The van der Waals surface area contributed by atoms with Crippen molar-refractivity contribution in [3.05, 3.63) is 65.7 Å². The third-order valence-corrected chi connectivity index (χ3v) is 9.24. The number of nitrogens with zero attached hydrogens (tertiary/aromatic N) is 1.